The molecule has 106 valence electrons. The summed E-state index contributed by atoms with van der Waals surface area (Å²) in [5.41, 5.74) is 1.63. The summed E-state index contributed by atoms with van der Waals surface area (Å²) in [4.78, 5) is 4.29. The lowest BCUT2D eigenvalue weighted by Gasteiger charge is -2.20. The maximum absolute atomic E-state index is 10.5. The van der Waals surface area contributed by atoms with E-state index in [2.05, 4.69) is 4.98 Å². The van der Waals surface area contributed by atoms with Crippen LogP contribution in [0.2, 0.25) is 0 Å². The van der Waals surface area contributed by atoms with Gasteiger partial charge in [-0.3, -0.25) is 4.98 Å². The Morgan fingerprint density at radius 3 is 2.40 bits per heavy atom. The summed E-state index contributed by atoms with van der Waals surface area (Å²) in [6.07, 6.45) is 1.08. The third-order valence-corrected chi connectivity index (χ3v) is 3.38. The van der Waals surface area contributed by atoms with Crippen LogP contribution in [0.1, 0.15) is 30.2 Å². The van der Waals surface area contributed by atoms with Gasteiger partial charge in [0.1, 0.15) is 0 Å². The smallest absolute Gasteiger partial charge is 0.161 e. The number of aliphatic hydroxyl groups excluding tert-OH is 1. The van der Waals surface area contributed by atoms with E-state index in [1.54, 1.807) is 32.5 Å². The number of pyridine rings is 1. The number of ether oxygens (including phenoxy) is 2. The first-order chi connectivity index (χ1) is 9.67. The van der Waals surface area contributed by atoms with Gasteiger partial charge in [-0.1, -0.05) is 19.1 Å². The molecule has 0 fully saturated rings. The van der Waals surface area contributed by atoms with Crippen LogP contribution in [-0.4, -0.2) is 24.3 Å². The molecule has 0 aliphatic rings. The van der Waals surface area contributed by atoms with E-state index < -0.39 is 6.10 Å². The van der Waals surface area contributed by atoms with Gasteiger partial charge in [0.2, 0.25) is 0 Å². The molecule has 0 amide bonds. The minimum atomic E-state index is -0.648. The molecule has 1 aromatic heterocycles. The van der Waals surface area contributed by atoms with Gasteiger partial charge in [0.05, 0.1) is 20.3 Å². The van der Waals surface area contributed by atoms with Crippen LogP contribution in [-0.2, 0) is 0 Å². The molecule has 0 aliphatic carbocycles. The minimum absolute atomic E-state index is 0.102. The minimum Gasteiger partial charge on any atom is -0.493 e. The molecular weight excluding hydrogens is 254 g/mol. The van der Waals surface area contributed by atoms with E-state index in [0.29, 0.717) is 11.5 Å². The van der Waals surface area contributed by atoms with Gasteiger partial charge in [0.15, 0.2) is 11.5 Å². The maximum Gasteiger partial charge on any atom is 0.161 e. The Balaban J connectivity index is 2.27. The molecule has 2 aromatic rings. The first kappa shape index (κ1) is 14.3. The number of rotatable bonds is 5. The largest absolute Gasteiger partial charge is 0.493 e. The van der Waals surface area contributed by atoms with Crippen LogP contribution in [0, 0.1) is 0 Å². The molecule has 0 saturated carbocycles. The Morgan fingerprint density at radius 1 is 1.05 bits per heavy atom. The summed E-state index contributed by atoms with van der Waals surface area (Å²) in [5, 5.41) is 10.5. The number of aliphatic hydroxyl groups is 1. The fraction of sp³-hybridized carbons (Fsp3) is 0.312. The van der Waals surface area contributed by atoms with Gasteiger partial charge in [0, 0.05) is 17.8 Å². The lowest BCUT2D eigenvalue weighted by atomic mass is 9.94. The summed E-state index contributed by atoms with van der Waals surface area (Å²) in [7, 11) is 3.17. The highest BCUT2D eigenvalue weighted by Gasteiger charge is 2.20. The zero-order valence-corrected chi connectivity index (χ0v) is 11.9. The molecule has 2 unspecified atom stereocenters. The molecule has 2 atom stereocenters. The van der Waals surface area contributed by atoms with E-state index in [4.69, 9.17) is 9.47 Å². The average Bonchev–Trinajstić information content (AvgIpc) is 2.53. The quantitative estimate of drug-likeness (QED) is 0.910. The van der Waals surface area contributed by atoms with Gasteiger partial charge in [-0.25, -0.2) is 0 Å². The van der Waals surface area contributed by atoms with Crippen LogP contribution in [0.15, 0.2) is 42.6 Å². The number of hydrogen-bond donors (Lipinski definition) is 1. The van der Waals surface area contributed by atoms with Crippen molar-refractivity contribution in [2.75, 3.05) is 14.2 Å². The summed E-state index contributed by atoms with van der Waals surface area (Å²) in [5.74, 6) is 1.15. The third-order valence-electron chi connectivity index (χ3n) is 3.38. The highest BCUT2D eigenvalue weighted by Crippen LogP contribution is 2.34. The first-order valence-corrected chi connectivity index (χ1v) is 6.48. The summed E-state index contributed by atoms with van der Waals surface area (Å²) >= 11 is 0. The molecule has 20 heavy (non-hydrogen) atoms. The van der Waals surface area contributed by atoms with E-state index in [1.807, 2.05) is 31.2 Å². The average molecular weight is 273 g/mol. The number of nitrogens with zero attached hydrogens (tertiary/aromatic N) is 1. The molecule has 1 aromatic carbocycles. The molecule has 0 bridgehead atoms. The van der Waals surface area contributed by atoms with Crippen LogP contribution in [0.3, 0.4) is 0 Å². The fourth-order valence-electron chi connectivity index (χ4n) is 2.13. The van der Waals surface area contributed by atoms with Crippen molar-refractivity contribution in [2.45, 2.75) is 18.9 Å². The van der Waals surface area contributed by atoms with E-state index in [9.17, 15) is 5.11 Å². The lowest BCUT2D eigenvalue weighted by molar-refractivity contribution is 0.149. The van der Waals surface area contributed by atoms with Crippen molar-refractivity contribution in [1.82, 2.24) is 4.98 Å². The van der Waals surface area contributed by atoms with Gasteiger partial charge in [0.25, 0.3) is 0 Å². The Bertz CT molecular complexity index is 557. The van der Waals surface area contributed by atoms with Crippen LogP contribution < -0.4 is 9.47 Å². The Kier molecular flexibility index (Phi) is 4.58. The van der Waals surface area contributed by atoms with E-state index in [-0.39, 0.29) is 5.92 Å². The van der Waals surface area contributed by atoms with Gasteiger partial charge in [-0.15, -0.1) is 0 Å². The summed E-state index contributed by atoms with van der Waals surface area (Å²) in [6.45, 7) is 1.95. The van der Waals surface area contributed by atoms with Crippen LogP contribution in [0.25, 0.3) is 0 Å². The van der Waals surface area contributed by atoms with Crippen molar-refractivity contribution in [1.29, 1.82) is 0 Å². The molecule has 0 saturated heterocycles. The van der Waals surface area contributed by atoms with Crippen molar-refractivity contribution in [3.63, 3.8) is 0 Å². The molecule has 2 rings (SSSR count). The zero-order valence-electron chi connectivity index (χ0n) is 11.9. The van der Waals surface area contributed by atoms with E-state index in [1.165, 1.54) is 0 Å². The third kappa shape index (κ3) is 2.91. The number of methoxy groups -OCH3 is 2. The first-order valence-electron chi connectivity index (χ1n) is 6.48. The van der Waals surface area contributed by atoms with Crippen LogP contribution in [0.4, 0.5) is 0 Å². The Hall–Kier alpha value is -2.07. The normalized spacial score (nSPS) is 13.6. The molecule has 0 spiro atoms. The van der Waals surface area contributed by atoms with E-state index in [0.717, 1.165) is 11.3 Å². The Morgan fingerprint density at radius 2 is 1.80 bits per heavy atom. The molecule has 4 nitrogen and oxygen atoms in total. The number of benzene rings is 1. The molecule has 1 heterocycles. The van der Waals surface area contributed by atoms with Crippen molar-refractivity contribution >= 4 is 0 Å². The van der Waals surface area contributed by atoms with Crippen LogP contribution >= 0.6 is 0 Å². The zero-order chi connectivity index (χ0) is 14.5. The summed E-state index contributed by atoms with van der Waals surface area (Å²) < 4.78 is 10.5. The monoisotopic (exact) mass is 273 g/mol. The predicted octanol–water partition coefficient (Wildman–Crippen LogP) is 2.94. The topological polar surface area (TPSA) is 51.6 Å². The van der Waals surface area contributed by atoms with Crippen molar-refractivity contribution in [3.05, 3.63) is 53.9 Å². The van der Waals surface area contributed by atoms with Crippen molar-refractivity contribution < 1.29 is 14.6 Å². The van der Waals surface area contributed by atoms with Crippen LogP contribution in [0.5, 0.6) is 11.5 Å². The predicted molar refractivity (Wildman–Crippen MR) is 77.2 cm³/mol. The lowest BCUT2D eigenvalue weighted by Crippen LogP contribution is -2.09. The van der Waals surface area contributed by atoms with Gasteiger partial charge >= 0.3 is 0 Å². The molecule has 0 aliphatic heterocycles. The number of hydrogen-bond acceptors (Lipinski definition) is 4. The molecule has 1 N–H and O–H groups in total. The molecular formula is C16H19NO3. The van der Waals surface area contributed by atoms with Gasteiger partial charge in [-0.05, 0) is 29.8 Å². The summed E-state index contributed by atoms with van der Waals surface area (Å²) in [6, 6.07) is 11.1. The SMILES string of the molecule is COc1ccc(C(O)C(C)c2ccccn2)cc1OC. The van der Waals surface area contributed by atoms with Crippen molar-refractivity contribution in [2.24, 2.45) is 0 Å². The second kappa shape index (κ2) is 6.39. The Labute approximate surface area is 119 Å². The second-order valence-corrected chi connectivity index (χ2v) is 4.60. The standard InChI is InChI=1S/C16H19NO3/c1-11(13-6-4-5-9-17-13)16(18)12-7-8-14(19-2)15(10-12)20-3/h4-11,16,18H,1-3H3. The maximum atomic E-state index is 10.5. The second-order valence-electron chi connectivity index (χ2n) is 4.60. The van der Waals surface area contributed by atoms with Gasteiger partial charge in [-0.2, -0.15) is 0 Å². The number of aromatic nitrogens is 1. The van der Waals surface area contributed by atoms with Gasteiger partial charge < -0.3 is 14.6 Å². The van der Waals surface area contributed by atoms with Crippen molar-refractivity contribution in [3.8, 4) is 11.5 Å². The van der Waals surface area contributed by atoms with E-state index >= 15 is 0 Å². The fourth-order valence-corrected chi connectivity index (χ4v) is 2.13. The molecule has 4 heteroatoms. The highest BCUT2D eigenvalue weighted by molar-refractivity contribution is 5.44. The molecule has 0 radical (unpaired) electrons. The highest BCUT2D eigenvalue weighted by atomic mass is 16.5.